The summed E-state index contributed by atoms with van der Waals surface area (Å²) in [6, 6.07) is 6.71. The number of nitrogens with zero attached hydrogens (tertiary/aromatic N) is 3. The Kier molecular flexibility index (Phi) is 6.52. The summed E-state index contributed by atoms with van der Waals surface area (Å²) in [5, 5.41) is 16.9. The molecule has 0 radical (unpaired) electrons. The number of imidazole rings is 1. The van der Waals surface area contributed by atoms with Gasteiger partial charge in [-0.2, -0.15) is 18.3 Å². The van der Waals surface area contributed by atoms with E-state index in [9.17, 15) is 18.0 Å². The molecule has 160 valence electrons. The molecule has 4 N–H and O–H groups in total. The number of anilines is 1. The highest BCUT2D eigenvalue weighted by atomic mass is 32.2. The van der Waals surface area contributed by atoms with Crippen LogP contribution in [0, 0.1) is 6.92 Å². The SMILES string of the molecule is Cc1cc(-c2cnc3c(NCCC(F)(F)F)cc(SCCO)nn23)ccc1C(N)=O. The molecule has 7 nitrogen and oxygen atoms in total. The number of carbonyl (C=O) groups is 1. The number of nitrogens with two attached hydrogens (primary N) is 1. The van der Waals surface area contributed by atoms with Crippen molar-refractivity contribution < 1.29 is 23.1 Å². The number of aliphatic hydroxyl groups excluding tert-OH is 1. The van der Waals surface area contributed by atoms with Gasteiger partial charge in [0.05, 0.1) is 30.6 Å². The molecule has 0 aliphatic heterocycles. The molecule has 0 unspecified atom stereocenters. The Balaban J connectivity index is 2.03. The van der Waals surface area contributed by atoms with Gasteiger partial charge in [0, 0.05) is 23.4 Å². The Morgan fingerprint density at radius 3 is 2.73 bits per heavy atom. The number of amides is 1. The number of nitrogens with one attached hydrogen (secondary N) is 1. The molecule has 0 aliphatic carbocycles. The Bertz CT molecular complexity index is 1070. The van der Waals surface area contributed by atoms with Gasteiger partial charge in [0.15, 0.2) is 5.65 Å². The van der Waals surface area contributed by atoms with Gasteiger partial charge in [0.1, 0.15) is 5.03 Å². The van der Waals surface area contributed by atoms with Crippen molar-refractivity contribution in [2.45, 2.75) is 24.5 Å². The van der Waals surface area contributed by atoms with E-state index in [2.05, 4.69) is 15.4 Å². The Hall–Kier alpha value is -2.79. The van der Waals surface area contributed by atoms with Crippen molar-refractivity contribution in [3.8, 4) is 11.3 Å². The van der Waals surface area contributed by atoms with Crippen LogP contribution < -0.4 is 11.1 Å². The number of benzene rings is 1. The molecule has 2 heterocycles. The van der Waals surface area contributed by atoms with E-state index in [-0.39, 0.29) is 13.2 Å². The lowest BCUT2D eigenvalue weighted by Gasteiger charge is -2.12. The van der Waals surface area contributed by atoms with Crippen molar-refractivity contribution in [1.82, 2.24) is 14.6 Å². The summed E-state index contributed by atoms with van der Waals surface area (Å²) in [6.07, 6.45) is -3.69. The molecule has 3 aromatic rings. The molecular weight excluding hydrogens is 419 g/mol. The molecule has 0 saturated heterocycles. The molecule has 0 fully saturated rings. The summed E-state index contributed by atoms with van der Waals surface area (Å²) in [6.45, 7) is 1.39. The zero-order valence-electron chi connectivity index (χ0n) is 16.0. The minimum Gasteiger partial charge on any atom is -0.396 e. The van der Waals surface area contributed by atoms with E-state index in [0.29, 0.717) is 38.9 Å². The van der Waals surface area contributed by atoms with Crippen LogP contribution in [-0.2, 0) is 0 Å². The molecule has 0 atom stereocenters. The van der Waals surface area contributed by atoms with Crippen molar-refractivity contribution in [2.75, 3.05) is 24.2 Å². The molecule has 0 spiro atoms. The van der Waals surface area contributed by atoms with Gasteiger partial charge >= 0.3 is 6.18 Å². The number of alkyl halides is 3. The number of aromatic nitrogens is 3. The van der Waals surface area contributed by atoms with Gasteiger partial charge in [-0.3, -0.25) is 4.79 Å². The fourth-order valence-electron chi connectivity index (χ4n) is 2.93. The first-order valence-electron chi connectivity index (χ1n) is 9.03. The zero-order valence-corrected chi connectivity index (χ0v) is 16.8. The Morgan fingerprint density at radius 2 is 2.10 bits per heavy atom. The van der Waals surface area contributed by atoms with E-state index in [4.69, 9.17) is 10.8 Å². The Labute approximate surface area is 174 Å². The fourth-order valence-corrected chi connectivity index (χ4v) is 3.57. The lowest BCUT2D eigenvalue weighted by Crippen LogP contribution is -2.15. The molecule has 11 heteroatoms. The maximum Gasteiger partial charge on any atom is 0.390 e. The van der Waals surface area contributed by atoms with Crippen LogP contribution in [-0.4, -0.2) is 50.7 Å². The van der Waals surface area contributed by atoms with Crippen LogP contribution in [0.4, 0.5) is 18.9 Å². The van der Waals surface area contributed by atoms with Crippen molar-refractivity contribution >= 4 is 29.0 Å². The average molecular weight is 439 g/mol. The summed E-state index contributed by atoms with van der Waals surface area (Å²) in [5.41, 5.74) is 8.55. The van der Waals surface area contributed by atoms with Crippen LogP contribution in [0.25, 0.3) is 16.9 Å². The number of aliphatic hydroxyl groups is 1. The van der Waals surface area contributed by atoms with E-state index >= 15 is 0 Å². The second-order valence-electron chi connectivity index (χ2n) is 6.53. The van der Waals surface area contributed by atoms with Crippen molar-refractivity contribution in [2.24, 2.45) is 5.73 Å². The number of thioether (sulfide) groups is 1. The number of fused-ring (bicyclic) bond motifs is 1. The third-order valence-electron chi connectivity index (χ3n) is 4.30. The molecule has 0 bridgehead atoms. The molecular formula is C19H20F3N5O2S. The van der Waals surface area contributed by atoms with Crippen molar-refractivity contribution in [3.63, 3.8) is 0 Å². The predicted octanol–water partition coefficient (Wildman–Crippen LogP) is 3.25. The highest BCUT2D eigenvalue weighted by Gasteiger charge is 2.26. The van der Waals surface area contributed by atoms with Gasteiger partial charge in [0.25, 0.3) is 0 Å². The van der Waals surface area contributed by atoms with E-state index in [1.54, 1.807) is 37.4 Å². The van der Waals surface area contributed by atoms with Gasteiger partial charge in [-0.15, -0.1) is 11.8 Å². The van der Waals surface area contributed by atoms with Gasteiger partial charge in [0.2, 0.25) is 5.91 Å². The Morgan fingerprint density at radius 1 is 1.33 bits per heavy atom. The predicted molar refractivity (Wildman–Crippen MR) is 109 cm³/mol. The summed E-state index contributed by atoms with van der Waals surface area (Å²) >= 11 is 1.27. The number of rotatable bonds is 8. The van der Waals surface area contributed by atoms with Crippen LogP contribution in [0.15, 0.2) is 35.5 Å². The molecule has 2 aromatic heterocycles. The quantitative estimate of drug-likeness (QED) is 0.466. The topological polar surface area (TPSA) is 106 Å². The van der Waals surface area contributed by atoms with Crippen LogP contribution >= 0.6 is 11.8 Å². The van der Waals surface area contributed by atoms with Crippen LogP contribution in [0.5, 0.6) is 0 Å². The summed E-state index contributed by atoms with van der Waals surface area (Å²) in [7, 11) is 0. The summed E-state index contributed by atoms with van der Waals surface area (Å²) in [4.78, 5) is 15.8. The standard InChI is InChI=1S/C19H20F3N5O2S/c1-11-8-12(2-3-13(11)17(23)29)15-10-25-18-14(24-5-4-19(20,21)22)9-16(26-27(15)18)30-7-6-28/h2-3,8-10,24,28H,4-7H2,1H3,(H2,23,29). The number of primary amides is 1. The first kappa shape index (κ1) is 21.9. The molecule has 30 heavy (non-hydrogen) atoms. The third kappa shape index (κ3) is 5.03. The molecule has 3 rings (SSSR count). The largest absolute Gasteiger partial charge is 0.396 e. The lowest BCUT2D eigenvalue weighted by atomic mass is 10.0. The average Bonchev–Trinajstić information content (AvgIpc) is 3.09. The van der Waals surface area contributed by atoms with E-state index < -0.39 is 18.5 Å². The number of halogens is 3. The van der Waals surface area contributed by atoms with Crippen LogP contribution in [0.3, 0.4) is 0 Å². The molecule has 1 aromatic carbocycles. The smallest absolute Gasteiger partial charge is 0.390 e. The zero-order chi connectivity index (χ0) is 21.9. The minimum atomic E-state index is -4.27. The van der Waals surface area contributed by atoms with E-state index in [1.165, 1.54) is 16.3 Å². The number of carbonyl (C=O) groups excluding carboxylic acids is 1. The molecule has 1 amide bonds. The first-order chi connectivity index (χ1) is 14.2. The van der Waals surface area contributed by atoms with Crippen molar-refractivity contribution in [1.29, 1.82) is 0 Å². The summed E-state index contributed by atoms with van der Waals surface area (Å²) in [5.74, 6) is -0.147. The third-order valence-corrected chi connectivity index (χ3v) is 5.18. The highest BCUT2D eigenvalue weighted by Crippen LogP contribution is 2.29. The fraction of sp³-hybridized carbons (Fsp3) is 0.316. The monoisotopic (exact) mass is 439 g/mol. The highest BCUT2D eigenvalue weighted by molar-refractivity contribution is 7.99. The normalized spacial score (nSPS) is 11.8. The first-order valence-corrected chi connectivity index (χ1v) is 10.0. The van der Waals surface area contributed by atoms with E-state index in [0.717, 1.165) is 5.56 Å². The lowest BCUT2D eigenvalue weighted by molar-refractivity contribution is -0.131. The van der Waals surface area contributed by atoms with Gasteiger partial charge < -0.3 is 16.2 Å². The number of hydrogen-bond acceptors (Lipinski definition) is 6. The second kappa shape index (κ2) is 8.92. The van der Waals surface area contributed by atoms with Gasteiger partial charge in [-0.25, -0.2) is 9.50 Å². The molecule has 0 saturated carbocycles. The van der Waals surface area contributed by atoms with Crippen molar-refractivity contribution in [3.05, 3.63) is 41.6 Å². The number of aryl methyl sites for hydroxylation is 1. The number of hydrogen-bond donors (Lipinski definition) is 3. The van der Waals surface area contributed by atoms with Crippen LogP contribution in [0.1, 0.15) is 22.3 Å². The summed E-state index contributed by atoms with van der Waals surface area (Å²) < 4.78 is 39.1. The van der Waals surface area contributed by atoms with Crippen LogP contribution in [0.2, 0.25) is 0 Å². The second-order valence-corrected chi connectivity index (χ2v) is 7.65. The van der Waals surface area contributed by atoms with Gasteiger partial charge in [-0.1, -0.05) is 6.07 Å². The van der Waals surface area contributed by atoms with E-state index in [1.807, 2.05) is 0 Å². The minimum absolute atomic E-state index is 0.0637. The maximum absolute atomic E-state index is 12.5. The maximum atomic E-state index is 12.5. The molecule has 0 aliphatic rings. The van der Waals surface area contributed by atoms with Gasteiger partial charge in [-0.05, 0) is 30.7 Å².